The Labute approximate surface area is 148 Å². The number of oxazole rings is 1. The summed E-state index contributed by atoms with van der Waals surface area (Å²) in [4.78, 5) is 18.9. The fourth-order valence-electron chi connectivity index (χ4n) is 3.13. The third-order valence-corrected chi connectivity index (χ3v) is 4.51. The van der Waals surface area contributed by atoms with Crippen molar-refractivity contribution in [2.75, 3.05) is 25.0 Å². The van der Waals surface area contributed by atoms with E-state index in [1.165, 1.54) is 0 Å². The van der Waals surface area contributed by atoms with E-state index in [1.54, 1.807) is 0 Å². The monoisotopic (exact) mass is 345 g/mol. The molecule has 0 spiro atoms. The summed E-state index contributed by atoms with van der Waals surface area (Å²) in [5.74, 6) is 0.712. The van der Waals surface area contributed by atoms with Crippen molar-refractivity contribution in [3.8, 4) is 0 Å². The molecule has 2 amide bonds. The zero-order valence-electron chi connectivity index (χ0n) is 15.1. The highest BCUT2D eigenvalue weighted by Crippen LogP contribution is 2.21. The summed E-state index contributed by atoms with van der Waals surface area (Å²) in [5.41, 5.74) is 2.27. The number of rotatable bonds is 5. The standard InChI is InChI=1S/C19H27N3O3/c1-3-12-24-15-6-5-10-22(11-9-15)19(23)20-14-7-8-17-16(13-14)21-18(4-2)25-17/h7-8,13,15H,3-6,9-12H2,1-2H3,(H,20,23)/t15-/m1/s1. The second-order valence-corrected chi connectivity index (χ2v) is 6.48. The minimum Gasteiger partial charge on any atom is -0.441 e. The number of carbonyl (C=O) groups excluding carboxylic acids is 1. The van der Waals surface area contributed by atoms with Gasteiger partial charge in [-0.2, -0.15) is 0 Å². The molecule has 1 N–H and O–H groups in total. The Morgan fingerprint density at radius 3 is 3.04 bits per heavy atom. The summed E-state index contributed by atoms with van der Waals surface area (Å²) in [6, 6.07) is 5.51. The number of ether oxygens (including phenoxy) is 1. The van der Waals surface area contributed by atoms with Crippen LogP contribution in [-0.4, -0.2) is 41.7 Å². The van der Waals surface area contributed by atoms with Crippen LogP contribution >= 0.6 is 0 Å². The van der Waals surface area contributed by atoms with Gasteiger partial charge in [-0.15, -0.1) is 0 Å². The molecule has 0 unspecified atom stereocenters. The van der Waals surface area contributed by atoms with Crippen molar-refractivity contribution in [3.05, 3.63) is 24.1 Å². The van der Waals surface area contributed by atoms with Crippen molar-refractivity contribution in [3.63, 3.8) is 0 Å². The van der Waals surface area contributed by atoms with E-state index in [0.717, 1.165) is 68.6 Å². The molecule has 6 heteroatoms. The van der Waals surface area contributed by atoms with Crippen LogP contribution in [0.15, 0.2) is 22.6 Å². The number of nitrogens with one attached hydrogen (secondary N) is 1. The van der Waals surface area contributed by atoms with Gasteiger partial charge in [0, 0.05) is 31.8 Å². The van der Waals surface area contributed by atoms with E-state index in [0.29, 0.717) is 5.89 Å². The van der Waals surface area contributed by atoms with Gasteiger partial charge in [-0.1, -0.05) is 13.8 Å². The molecule has 0 aliphatic carbocycles. The lowest BCUT2D eigenvalue weighted by Gasteiger charge is -2.21. The van der Waals surface area contributed by atoms with E-state index in [9.17, 15) is 4.79 Å². The SMILES string of the molecule is CCCO[C@@H]1CCCN(C(=O)Nc2ccc3oc(CC)nc3c2)CC1. The molecule has 0 bridgehead atoms. The third-order valence-electron chi connectivity index (χ3n) is 4.51. The molecule has 2 aromatic rings. The summed E-state index contributed by atoms with van der Waals surface area (Å²) in [5, 5.41) is 2.98. The fraction of sp³-hybridized carbons (Fsp3) is 0.579. The summed E-state index contributed by atoms with van der Waals surface area (Å²) in [6.07, 6.45) is 4.96. The Morgan fingerprint density at radius 1 is 1.36 bits per heavy atom. The molecule has 136 valence electrons. The van der Waals surface area contributed by atoms with Crippen LogP contribution in [0.1, 0.15) is 45.4 Å². The lowest BCUT2D eigenvalue weighted by molar-refractivity contribution is 0.0446. The van der Waals surface area contributed by atoms with Crippen LogP contribution in [-0.2, 0) is 11.2 Å². The lowest BCUT2D eigenvalue weighted by atomic mass is 10.2. The highest BCUT2D eigenvalue weighted by atomic mass is 16.5. The summed E-state index contributed by atoms with van der Waals surface area (Å²) >= 11 is 0. The number of likely N-dealkylation sites (tertiary alicyclic amines) is 1. The van der Waals surface area contributed by atoms with Gasteiger partial charge in [0.15, 0.2) is 11.5 Å². The molecule has 1 aromatic carbocycles. The van der Waals surface area contributed by atoms with Crippen molar-refractivity contribution in [2.45, 2.75) is 52.1 Å². The van der Waals surface area contributed by atoms with Crippen molar-refractivity contribution >= 4 is 22.8 Å². The fourth-order valence-corrected chi connectivity index (χ4v) is 3.13. The molecular weight excluding hydrogens is 318 g/mol. The van der Waals surface area contributed by atoms with Gasteiger partial charge in [0.25, 0.3) is 0 Å². The van der Waals surface area contributed by atoms with Crippen molar-refractivity contribution < 1.29 is 13.9 Å². The highest BCUT2D eigenvalue weighted by molar-refractivity contribution is 5.91. The molecule has 1 saturated heterocycles. The quantitative estimate of drug-likeness (QED) is 0.882. The number of benzene rings is 1. The number of amides is 2. The Balaban J connectivity index is 1.59. The number of aromatic nitrogens is 1. The van der Waals surface area contributed by atoms with Gasteiger partial charge in [-0.3, -0.25) is 0 Å². The molecule has 1 fully saturated rings. The predicted molar refractivity (Wildman–Crippen MR) is 97.9 cm³/mol. The van der Waals surface area contributed by atoms with Gasteiger partial charge in [-0.05, 0) is 43.9 Å². The number of aryl methyl sites for hydroxylation is 1. The number of urea groups is 1. The Morgan fingerprint density at radius 2 is 2.24 bits per heavy atom. The van der Waals surface area contributed by atoms with Gasteiger partial charge in [0.05, 0.1) is 6.10 Å². The minimum absolute atomic E-state index is 0.0605. The molecule has 2 heterocycles. The van der Waals surface area contributed by atoms with Gasteiger partial charge >= 0.3 is 6.03 Å². The summed E-state index contributed by atoms with van der Waals surface area (Å²) in [7, 11) is 0. The van der Waals surface area contributed by atoms with Crippen molar-refractivity contribution in [1.82, 2.24) is 9.88 Å². The maximum Gasteiger partial charge on any atom is 0.321 e. The third kappa shape index (κ3) is 4.51. The highest BCUT2D eigenvalue weighted by Gasteiger charge is 2.21. The maximum atomic E-state index is 12.6. The second-order valence-electron chi connectivity index (χ2n) is 6.48. The van der Waals surface area contributed by atoms with E-state index in [2.05, 4.69) is 17.2 Å². The van der Waals surface area contributed by atoms with Crippen LogP contribution < -0.4 is 5.32 Å². The summed E-state index contributed by atoms with van der Waals surface area (Å²) < 4.78 is 11.4. The topological polar surface area (TPSA) is 67.6 Å². The van der Waals surface area contributed by atoms with Crippen LogP contribution in [0.25, 0.3) is 11.1 Å². The number of hydrogen-bond acceptors (Lipinski definition) is 4. The van der Waals surface area contributed by atoms with E-state index in [4.69, 9.17) is 9.15 Å². The number of nitrogens with zero attached hydrogens (tertiary/aromatic N) is 2. The largest absolute Gasteiger partial charge is 0.441 e. The lowest BCUT2D eigenvalue weighted by Crippen LogP contribution is -2.36. The van der Waals surface area contributed by atoms with Crippen molar-refractivity contribution in [2.24, 2.45) is 0 Å². The Kier molecular flexibility index (Phi) is 5.91. The van der Waals surface area contributed by atoms with E-state index in [1.807, 2.05) is 30.0 Å². The molecule has 3 rings (SSSR count). The number of carbonyl (C=O) groups is 1. The second kappa shape index (κ2) is 8.34. The average Bonchev–Trinajstić information content (AvgIpc) is 2.88. The zero-order chi connectivity index (χ0) is 17.6. The number of hydrogen-bond donors (Lipinski definition) is 1. The predicted octanol–water partition coefficient (Wildman–Crippen LogP) is 4.20. The minimum atomic E-state index is -0.0605. The van der Waals surface area contributed by atoms with Crippen LogP contribution in [0.5, 0.6) is 0 Å². The Bertz CT molecular complexity index is 713. The zero-order valence-corrected chi connectivity index (χ0v) is 15.1. The van der Waals surface area contributed by atoms with Gasteiger partial charge in [-0.25, -0.2) is 9.78 Å². The smallest absolute Gasteiger partial charge is 0.321 e. The molecular formula is C19H27N3O3. The van der Waals surface area contributed by atoms with Gasteiger partial charge < -0.3 is 19.4 Å². The first-order valence-corrected chi connectivity index (χ1v) is 9.26. The molecule has 1 aliphatic heterocycles. The first-order chi connectivity index (χ1) is 12.2. The van der Waals surface area contributed by atoms with Crippen LogP contribution in [0.4, 0.5) is 10.5 Å². The van der Waals surface area contributed by atoms with Crippen LogP contribution in [0.3, 0.4) is 0 Å². The molecule has 25 heavy (non-hydrogen) atoms. The molecule has 0 radical (unpaired) electrons. The average molecular weight is 345 g/mol. The normalized spacial score (nSPS) is 18.3. The van der Waals surface area contributed by atoms with Gasteiger partial charge in [0.2, 0.25) is 0 Å². The Hall–Kier alpha value is -2.08. The van der Waals surface area contributed by atoms with Crippen LogP contribution in [0.2, 0.25) is 0 Å². The first-order valence-electron chi connectivity index (χ1n) is 9.26. The molecule has 0 saturated carbocycles. The summed E-state index contributed by atoms with van der Waals surface area (Å²) in [6.45, 7) is 6.42. The number of fused-ring (bicyclic) bond motifs is 1. The molecule has 1 aliphatic rings. The van der Waals surface area contributed by atoms with Crippen LogP contribution in [0, 0.1) is 0 Å². The van der Waals surface area contributed by atoms with E-state index >= 15 is 0 Å². The molecule has 1 atom stereocenters. The van der Waals surface area contributed by atoms with E-state index < -0.39 is 0 Å². The van der Waals surface area contributed by atoms with Crippen molar-refractivity contribution in [1.29, 1.82) is 0 Å². The first kappa shape index (κ1) is 17.7. The maximum absolute atomic E-state index is 12.6. The molecule has 1 aromatic heterocycles. The van der Waals surface area contributed by atoms with E-state index in [-0.39, 0.29) is 12.1 Å². The number of anilines is 1. The molecule has 6 nitrogen and oxygen atoms in total. The van der Waals surface area contributed by atoms with Gasteiger partial charge in [0.1, 0.15) is 5.52 Å².